The van der Waals surface area contributed by atoms with E-state index in [4.69, 9.17) is 4.74 Å². The van der Waals surface area contributed by atoms with Gasteiger partial charge in [0.05, 0.1) is 6.61 Å². The number of hydrogen-bond acceptors (Lipinski definition) is 2. The van der Waals surface area contributed by atoms with Gasteiger partial charge in [-0.15, -0.1) is 0 Å². The van der Waals surface area contributed by atoms with Crippen LogP contribution >= 0.6 is 0 Å². The van der Waals surface area contributed by atoms with E-state index in [1.54, 1.807) is 0 Å². The van der Waals surface area contributed by atoms with Crippen LogP contribution in [0.4, 0.5) is 0 Å². The largest absolute Gasteiger partial charge is 0.466 e. The fourth-order valence-corrected chi connectivity index (χ4v) is 2.23. The summed E-state index contributed by atoms with van der Waals surface area (Å²) in [6.07, 6.45) is 9.99. The lowest BCUT2D eigenvalue weighted by Crippen LogP contribution is -2.20. The average Bonchev–Trinajstić information content (AvgIpc) is 2.25. The van der Waals surface area contributed by atoms with Crippen LogP contribution in [0.3, 0.4) is 0 Å². The van der Waals surface area contributed by atoms with Gasteiger partial charge in [0.15, 0.2) is 0 Å². The van der Waals surface area contributed by atoms with E-state index in [9.17, 15) is 4.79 Å². The second-order valence-electron chi connectivity index (χ2n) is 4.61. The lowest BCUT2D eigenvalue weighted by molar-refractivity contribution is -0.142. The molecule has 2 nitrogen and oxygen atoms in total. The molecule has 1 aliphatic carbocycles. The Morgan fingerprint density at radius 2 is 2.00 bits per heavy atom. The Labute approximate surface area is 93.4 Å². The van der Waals surface area contributed by atoms with Gasteiger partial charge in [-0.25, -0.2) is 0 Å². The Kier molecular flexibility index (Phi) is 5.74. The highest BCUT2D eigenvalue weighted by Crippen LogP contribution is 2.31. The average molecular weight is 211 g/mol. The summed E-state index contributed by atoms with van der Waals surface area (Å²) in [5, 5.41) is 0. The third-order valence-corrected chi connectivity index (χ3v) is 3.20. The molecular weight excluding hydrogens is 188 g/mol. The quantitative estimate of drug-likeness (QED) is 0.652. The predicted molar refractivity (Wildman–Crippen MR) is 61.3 cm³/mol. The molecule has 0 aromatic rings. The van der Waals surface area contributed by atoms with E-state index in [0.29, 0.717) is 12.5 Å². The molecule has 1 aliphatic rings. The molecule has 0 unspecified atom stereocenters. The van der Waals surface area contributed by atoms with E-state index >= 15 is 0 Å². The number of carbonyl (C=O) groups is 1. The smallest absolute Gasteiger partial charge is 0.302 e. The molecule has 0 aromatic heterocycles. The first-order valence-corrected chi connectivity index (χ1v) is 6.19. The summed E-state index contributed by atoms with van der Waals surface area (Å²) in [6.45, 7) is 4.35. The lowest BCUT2D eigenvalue weighted by Gasteiger charge is -2.27. The molecule has 1 radical (unpaired) electrons. The number of esters is 1. The highest BCUT2D eigenvalue weighted by Gasteiger charge is 2.21. The first-order valence-electron chi connectivity index (χ1n) is 6.19. The van der Waals surface area contributed by atoms with Gasteiger partial charge >= 0.3 is 5.97 Å². The van der Waals surface area contributed by atoms with Gasteiger partial charge in [-0.1, -0.05) is 19.8 Å². The van der Waals surface area contributed by atoms with Crippen LogP contribution in [-0.4, -0.2) is 12.6 Å². The van der Waals surface area contributed by atoms with E-state index in [-0.39, 0.29) is 5.97 Å². The van der Waals surface area contributed by atoms with Crippen molar-refractivity contribution in [3.8, 4) is 0 Å². The summed E-state index contributed by atoms with van der Waals surface area (Å²) >= 11 is 0. The van der Waals surface area contributed by atoms with Crippen molar-refractivity contribution in [2.24, 2.45) is 11.8 Å². The topological polar surface area (TPSA) is 26.3 Å². The predicted octanol–water partition coefficient (Wildman–Crippen LogP) is 3.36. The summed E-state index contributed by atoms with van der Waals surface area (Å²) in [6, 6.07) is 0. The molecular formula is C13H23O2. The molecule has 1 fully saturated rings. The van der Waals surface area contributed by atoms with Gasteiger partial charge < -0.3 is 4.74 Å². The number of unbranched alkanes of at least 4 members (excludes halogenated alkanes) is 1. The molecule has 0 amide bonds. The zero-order valence-electron chi connectivity index (χ0n) is 10.00. The maximum Gasteiger partial charge on any atom is 0.302 e. The second-order valence-corrected chi connectivity index (χ2v) is 4.61. The van der Waals surface area contributed by atoms with Crippen molar-refractivity contribution < 1.29 is 9.53 Å². The van der Waals surface area contributed by atoms with Gasteiger partial charge in [-0.3, -0.25) is 4.79 Å². The van der Waals surface area contributed by atoms with E-state index in [1.165, 1.54) is 45.4 Å². The van der Waals surface area contributed by atoms with Crippen LogP contribution < -0.4 is 0 Å². The molecule has 2 heteroatoms. The van der Waals surface area contributed by atoms with Gasteiger partial charge in [0.2, 0.25) is 0 Å². The molecule has 1 rings (SSSR count). The number of hydrogen-bond donors (Lipinski definition) is 0. The molecule has 0 spiro atoms. The zero-order chi connectivity index (χ0) is 11.1. The Bertz CT molecular complexity index is 181. The van der Waals surface area contributed by atoms with Gasteiger partial charge in [-0.2, -0.15) is 0 Å². The SMILES string of the molecule is CCC[CH]C1CCC(COC(C)=O)CC1. The normalized spacial score (nSPS) is 26.3. The van der Waals surface area contributed by atoms with Crippen molar-refractivity contribution in [2.75, 3.05) is 6.61 Å². The summed E-state index contributed by atoms with van der Waals surface area (Å²) in [7, 11) is 0. The Morgan fingerprint density at radius 1 is 1.33 bits per heavy atom. The van der Waals surface area contributed by atoms with Gasteiger partial charge in [-0.05, 0) is 43.9 Å². The van der Waals surface area contributed by atoms with Crippen molar-refractivity contribution in [3.05, 3.63) is 6.42 Å². The van der Waals surface area contributed by atoms with Gasteiger partial charge in [0.25, 0.3) is 0 Å². The molecule has 0 atom stereocenters. The molecule has 1 saturated carbocycles. The highest BCUT2D eigenvalue weighted by molar-refractivity contribution is 5.65. The van der Waals surface area contributed by atoms with E-state index < -0.39 is 0 Å². The minimum Gasteiger partial charge on any atom is -0.466 e. The van der Waals surface area contributed by atoms with Crippen LogP contribution in [-0.2, 0) is 9.53 Å². The molecule has 0 aromatic carbocycles. The molecule has 0 heterocycles. The van der Waals surface area contributed by atoms with Gasteiger partial charge in [0.1, 0.15) is 0 Å². The summed E-state index contributed by atoms with van der Waals surface area (Å²) in [5.74, 6) is 1.29. The molecule has 15 heavy (non-hydrogen) atoms. The van der Waals surface area contributed by atoms with Crippen molar-refractivity contribution in [2.45, 2.75) is 52.4 Å². The number of rotatable bonds is 5. The second kappa shape index (κ2) is 6.86. The van der Waals surface area contributed by atoms with Crippen molar-refractivity contribution in [1.29, 1.82) is 0 Å². The molecule has 0 bridgehead atoms. The highest BCUT2D eigenvalue weighted by atomic mass is 16.5. The van der Waals surface area contributed by atoms with Crippen molar-refractivity contribution >= 4 is 5.97 Å². The summed E-state index contributed by atoms with van der Waals surface area (Å²) in [5.41, 5.74) is 0. The molecule has 0 N–H and O–H groups in total. The van der Waals surface area contributed by atoms with E-state index in [1.807, 2.05) is 0 Å². The minimum atomic E-state index is -0.144. The standard InChI is InChI=1S/C13H23O2/c1-3-4-5-12-6-8-13(9-7-12)10-15-11(2)14/h5,12-13H,3-4,6-10H2,1-2H3. The first-order chi connectivity index (χ1) is 7.22. The van der Waals surface area contributed by atoms with Gasteiger partial charge in [0, 0.05) is 6.92 Å². The Balaban J connectivity index is 2.09. The van der Waals surface area contributed by atoms with Crippen molar-refractivity contribution in [1.82, 2.24) is 0 Å². The van der Waals surface area contributed by atoms with Crippen LogP contribution in [0.5, 0.6) is 0 Å². The molecule has 0 saturated heterocycles. The maximum atomic E-state index is 10.7. The van der Waals surface area contributed by atoms with E-state index in [2.05, 4.69) is 13.3 Å². The summed E-state index contributed by atoms with van der Waals surface area (Å²) in [4.78, 5) is 10.7. The number of ether oxygens (including phenoxy) is 1. The fraction of sp³-hybridized carbons (Fsp3) is 0.846. The van der Waals surface area contributed by atoms with Crippen LogP contribution in [0.25, 0.3) is 0 Å². The first kappa shape index (κ1) is 12.5. The third-order valence-electron chi connectivity index (χ3n) is 3.20. The molecule has 87 valence electrons. The molecule has 0 aliphatic heterocycles. The van der Waals surface area contributed by atoms with Crippen molar-refractivity contribution in [3.63, 3.8) is 0 Å². The third kappa shape index (κ3) is 5.19. The summed E-state index contributed by atoms with van der Waals surface area (Å²) < 4.78 is 5.05. The lowest BCUT2D eigenvalue weighted by atomic mass is 9.80. The van der Waals surface area contributed by atoms with E-state index in [0.717, 1.165) is 5.92 Å². The zero-order valence-corrected chi connectivity index (χ0v) is 10.00. The maximum absolute atomic E-state index is 10.7. The Hall–Kier alpha value is -0.530. The van der Waals surface area contributed by atoms with Crippen LogP contribution in [0.15, 0.2) is 0 Å². The minimum absolute atomic E-state index is 0.144. The van der Waals surface area contributed by atoms with Crippen LogP contribution in [0.1, 0.15) is 52.4 Å². The Morgan fingerprint density at radius 3 is 2.53 bits per heavy atom. The fourth-order valence-electron chi connectivity index (χ4n) is 2.23. The monoisotopic (exact) mass is 211 g/mol. The van der Waals surface area contributed by atoms with Crippen LogP contribution in [0.2, 0.25) is 0 Å². The number of carbonyl (C=O) groups excluding carboxylic acids is 1. The van der Waals surface area contributed by atoms with Crippen LogP contribution in [0, 0.1) is 18.3 Å².